The van der Waals surface area contributed by atoms with Gasteiger partial charge in [0.1, 0.15) is 12.4 Å². The number of halogens is 4. The highest BCUT2D eigenvalue weighted by molar-refractivity contribution is 7.92. The van der Waals surface area contributed by atoms with Crippen LogP contribution in [0.25, 0.3) is 0 Å². The summed E-state index contributed by atoms with van der Waals surface area (Å²) in [6.45, 7) is -1.24. The number of hydrogen-bond acceptors (Lipinski definition) is 4. The zero-order valence-electron chi connectivity index (χ0n) is 17.0. The number of rotatable bonds is 8. The second-order valence-corrected chi connectivity index (χ2v) is 8.68. The van der Waals surface area contributed by atoms with Crippen LogP contribution in [0.1, 0.15) is 5.56 Å². The van der Waals surface area contributed by atoms with Crippen LogP contribution in [0.3, 0.4) is 0 Å². The summed E-state index contributed by atoms with van der Waals surface area (Å²) in [5.41, 5.74) is 1.13. The Bertz CT molecular complexity index is 1210. The summed E-state index contributed by atoms with van der Waals surface area (Å²) in [6, 6.07) is 16.4. The number of para-hydroxylation sites is 2. The molecule has 0 aliphatic carbocycles. The van der Waals surface area contributed by atoms with Gasteiger partial charge in [-0.15, -0.1) is 0 Å². The van der Waals surface area contributed by atoms with Crippen LogP contribution in [0.4, 0.5) is 34.6 Å². The van der Waals surface area contributed by atoms with Crippen LogP contribution in [0.5, 0.6) is 0 Å². The Balaban J connectivity index is 1.61. The third kappa shape index (κ3) is 7.21. The fourth-order valence-corrected chi connectivity index (χ4v) is 3.90. The first-order valence-electron chi connectivity index (χ1n) is 9.59. The van der Waals surface area contributed by atoms with Gasteiger partial charge in [0, 0.05) is 5.69 Å². The second kappa shape index (κ2) is 9.90. The number of alkyl halides is 3. The molecule has 174 valence electrons. The lowest BCUT2D eigenvalue weighted by atomic mass is 10.1. The SMILES string of the molecule is O=C(Cc1ccc(NS(=O)(=O)c2ccc(F)cc2)cc1)Nc1ccccc1NCC(F)(F)F. The van der Waals surface area contributed by atoms with Gasteiger partial charge in [-0.05, 0) is 54.1 Å². The molecule has 0 spiro atoms. The zero-order chi connectivity index (χ0) is 24.1. The number of anilines is 3. The molecule has 3 aromatic carbocycles. The maximum atomic E-state index is 13.0. The first kappa shape index (κ1) is 24.1. The number of amides is 1. The van der Waals surface area contributed by atoms with Crippen molar-refractivity contribution in [2.75, 3.05) is 21.9 Å². The van der Waals surface area contributed by atoms with Crippen LogP contribution >= 0.6 is 0 Å². The van der Waals surface area contributed by atoms with E-state index in [-0.39, 0.29) is 28.4 Å². The van der Waals surface area contributed by atoms with Gasteiger partial charge in [-0.25, -0.2) is 12.8 Å². The van der Waals surface area contributed by atoms with Gasteiger partial charge in [0.25, 0.3) is 10.0 Å². The van der Waals surface area contributed by atoms with Gasteiger partial charge < -0.3 is 10.6 Å². The van der Waals surface area contributed by atoms with Crippen molar-refractivity contribution in [3.05, 3.63) is 84.2 Å². The maximum absolute atomic E-state index is 13.0. The fraction of sp³-hybridized carbons (Fsp3) is 0.136. The van der Waals surface area contributed by atoms with Crippen molar-refractivity contribution in [3.8, 4) is 0 Å². The molecule has 0 saturated heterocycles. The summed E-state index contributed by atoms with van der Waals surface area (Å²) in [7, 11) is -3.91. The van der Waals surface area contributed by atoms with E-state index >= 15 is 0 Å². The van der Waals surface area contributed by atoms with Crippen LogP contribution in [0.15, 0.2) is 77.7 Å². The highest BCUT2D eigenvalue weighted by Gasteiger charge is 2.27. The zero-order valence-corrected chi connectivity index (χ0v) is 17.8. The van der Waals surface area contributed by atoms with Crippen LogP contribution in [-0.2, 0) is 21.2 Å². The van der Waals surface area contributed by atoms with Gasteiger partial charge in [0.15, 0.2) is 0 Å². The van der Waals surface area contributed by atoms with Crippen LogP contribution in [0.2, 0.25) is 0 Å². The van der Waals surface area contributed by atoms with E-state index < -0.39 is 34.5 Å². The maximum Gasteiger partial charge on any atom is 0.405 e. The van der Waals surface area contributed by atoms with Crippen molar-refractivity contribution < 1.29 is 30.8 Å². The molecule has 3 N–H and O–H groups in total. The summed E-state index contributed by atoms with van der Waals surface area (Å²) < 4.78 is 77.5. The molecular formula is C22H19F4N3O3S. The Morgan fingerprint density at radius 1 is 0.848 bits per heavy atom. The molecule has 0 aliphatic heterocycles. The number of sulfonamides is 1. The summed E-state index contributed by atoms with van der Waals surface area (Å²) in [5.74, 6) is -1.02. The molecule has 0 unspecified atom stereocenters. The van der Waals surface area contributed by atoms with Crippen LogP contribution in [-0.4, -0.2) is 27.0 Å². The second-order valence-electron chi connectivity index (χ2n) is 7.00. The van der Waals surface area contributed by atoms with E-state index in [4.69, 9.17) is 0 Å². The van der Waals surface area contributed by atoms with Gasteiger partial charge in [0.05, 0.1) is 22.7 Å². The summed E-state index contributed by atoms with van der Waals surface area (Å²) in [6.07, 6.45) is -4.49. The minimum atomic E-state index is -4.41. The van der Waals surface area contributed by atoms with Crippen molar-refractivity contribution in [3.63, 3.8) is 0 Å². The van der Waals surface area contributed by atoms with E-state index in [2.05, 4.69) is 15.4 Å². The van der Waals surface area contributed by atoms with Crippen molar-refractivity contribution >= 4 is 33.0 Å². The van der Waals surface area contributed by atoms with Crippen molar-refractivity contribution in [2.24, 2.45) is 0 Å². The fourth-order valence-electron chi connectivity index (χ4n) is 2.84. The minimum absolute atomic E-state index is 0.0847. The quantitative estimate of drug-likeness (QED) is 0.404. The Kier molecular flexibility index (Phi) is 7.22. The van der Waals surface area contributed by atoms with Crippen molar-refractivity contribution in [1.82, 2.24) is 0 Å². The number of carbonyl (C=O) groups excluding carboxylic acids is 1. The lowest BCUT2D eigenvalue weighted by Crippen LogP contribution is -2.22. The normalized spacial score (nSPS) is 11.6. The smallest absolute Gasteiger partial charge is 0.375 e. The van der Waals surface area contributed by atoms with E-state index in [0.29, 0.717) is 5.56 Å². The predicted molar refractivity (Wildman–Crippen MR) is 117 cm³/mol. The van der Waals surface area contributed by atoms with E-state index in [0.717, 1.165) is 24.3 Å². The average molecular weight is 481 g/mol. The molecule has 0 radical (unpaired) electrons. The van der Waals surface area contributed by atoms with E-state index in [9.17, 15) is 30.8 Å². The molecule has 3 aromatic rings. The third-order valence-electron chi connectivity index (χ3n) is 4.38. The van der Waals surface area contributed by atoms with Crippen molar-refractivity contribution in [1.29, 1.82) is 0 Å². The highest BCUT2D eigenvalue weighted by atomic mass is 32.2. The van der Waals surface area contributed by atoms with E-state index in [1.54, 1.807) is 12.1 Å². The Morgan fingerprint density at radius 2 is 1.45 bits per heavy atom. The molecule has 0 saturated carbocycles. The molecular weight excluding hydrogens is 462 g/mol. The van der Waals surface area contributed by atoms with Crippen molar-refractivity contribution in [2.45, 2.75) is 17.5 Å². The lowest BCUT2D eigenvalue weighted by molar-refractivity contribution is -0.116. The van der Waals surface area contributed by atoms with Crippen LogP contribution < -0.4 is 15.4 Å². The molecule has 0 fully saturated rings. The molecule has 0 heterocycles. The first-order chi connectivity index (χ1) is 15.5. The predicted octanol–water partition coefficient (Wildman–Crippen LogP) is 4.78. The molecule has 0 aromatic heterocycles. The molecule has 6 nitrogen and oxygen atoms in total. The van der Waals surface area contributed by atoms with E-state index in [1.165, 1.54) is 36.4 Å². The minimum Gasteiger partial charge on any atom is -0.375 e. The van der Waals surface area contributed by atoms with Gasteiger partial charge in [-0.1, -0.05) is 24.3 Å². The molecule has 0 aliphatic rings. The third-order valence-corrected chi connectivity index (χ3v) is 5.77. The number of benzene rings is 3. The topological polar surface area (TPSA) is 87.3 Å². The molecule has 11 heteroatoms. The van der Waals surface area contributed by atoms with Gasteiger partial charge >= 0.3 is 6.18 Å². The Hall–Kier alpha value is -3.60. The summed E-state index contributed by atoms with van der Waals surface area (Å²) >= 11 is 0. The standard InChI is InChI=1S/C22H19F4N3O3S/c23-16-7-11-18(12-8-16)33(31,32)29-17-9-5-15(6-10-17)13-21(30)28-20-4-2-1-3-19(20)27-14-22(24,25)26/h1-12,27,29H,13-14H2,(H,28,30). The molecule has 3 rings (SSSR count). The summed E-state index contributed by atoms with van der Waals surface area (Å²) in [4.78, 5) is 12.3. The van der Waals surface area contributed by atoms with Gasteiger partial charge in [0.2, 0.25) is 5.91 Å². The molecule has 0 atom stereocenters. The first-order valence-corrected chi connectivity index (χ1v) is 11.1. The van der Waals surface area contributed by atoms with Crippen LogP contribution in [0, 0.1) is 5.82 Å². The summed E-state index contributed by atoms with van der Waals surface area (Å²) in [5, 5.41) is 4.81. The molecule has 0 bridgehead atoms. The largest absolute Gasteiger partial charge is 0.405 e. The van der Waals surface area contributed by atoms with Gasteiger partial charge in [-0.2, -0.15) is 13.2 Å². The molecule has 33 heavy (non-hydrogen) atoms. The average Bonchev–Trinajstić information content (AvgIpc) is 2.74. The Morgan fingerprint density at radius 3 is 2.06 bits per heavy atom. The molecule has 1 amide bonds. The van der Waals surface area contributed by atoms with Gasteiger partial charge in [-0.3, -0.25) is 9.52 Å². The number of nitrogens with one attached hydrogen (secondary N) is 3. The number of hydrogen-bond donors (Lipinski definition) is 3. The number of carbonyl (C=O) groups is 1. The Labute approximate surface area is 187 Å². The highest BCUT2D eigenvalue weighted by Crippen LogP contribution is 2.24. The monoisotopic (exact) mass is 481 g/mol. The lowest BCUT2D eigenvalue weighted by Gasteiger charge is -2.14. The van der Waals surface area contributed by atoms with E-state index in [1.807, 2.05) is 0 Å².